The predicted molar refractivity (Wildman–Crippen MR) is 129 cm³/mol. The zero-order valence-corrected chi connectivity index (χ0v) is 20.5. The number of hydrogen-bond donors (Lipinski definition) is 3. The van der Waals surface area contributed by atoms with Gasteiger partial charge in [0.1, 0.15) is 12.5 Å². The maximum absolute atomic E-state index is 13.7. The Morgan fingerprint density at radius 3 is 2.49 bits per heavy atom. The lowest BCUT2D eigenvalue weighted by molar-refractivity contribution is -0.139. The van der Waals surface area contributed by atoms with E-state index in [0.717, 1.165) is 10.6 Å². The monoisotopic (exact) mass is 508 g/mol. The van der Waals surface area contributed by atoms with Gasteiger partial charge in [-0.1, -0.05) is 38.1 Å². The average molecular weight is 509 g/mol. The number of aliphatic carboxylic acids is 1. The number of benzene rings is 1. The molecule has 1 aromatic heterocycles. The van der Waals surface area contributed by atoms with E-state index in [9.17, 15) is 27.8 Å². The molecule has 0 saturated heterocycles. The maximum atomic E-state index is 13.7. The molecule has 3 N–H and O–H groups in total. The van der Waals surface area contributed by atoms with Crippen molar-refractivity contribution in [2.24, 2.45) is 0 Å². The summed E-state index contributed by atoms with van der Waals surface area (Å²) in [6, 6.07) is 5.72. The van der Waals surface area contributed by atoms with Crippen LogP contribution in [-0.4, -0.2) is 59.9 Å². The van der Waals surface area contributed by atoms with Crippen LogP contribution in [0.25, 0.3) is 17.2 Å². The fourth-order valence-corrected chi connectivity index (χ4v) is 4.67. The second-order valence-electron chi connectivity index (χ2n) is 8.75. The van der Waals surface area contributed by atoms with Crippen molar-refractivity contribution >= 4 is 27.9 Å². The number of pyridine rings is 1. The summed E-state index contributed by atoms with van der Waals surface area (Å²) in [7, 11) is -3.70. The third kappa shape index (κ3) is 6.43. The first-order chi connectivity index (χ1) is 16.4. The van der Waals surface area contributed by atoms with Crippen LogP contribution >= 0.6 is 0 Å². The number of carboxylic acids is 1. The molecule has 2 aromatic rings. The zero-order valence-electron chi connectivity index (χ0n) is 19.7. The van der Waals surface area contributed by atoms with Crippen LogP contribution in [0.3, 0.4) is 0 Å². The Morgan fingerprint density at radius 2 is 1.91 bits per heavy atom. The number of carbonyl (C=O) groups is 1. The average Bonchev–Trinajstić information content (AvgIpc) is 2.75. The van der Waals surface area contributed by atoms with E-state index in [1.165, 1.54) is 18.2 Å². The number of fused-ring (bicyclic) bond motifs is 1. The van der Waals surface area contributed by atoms with Gasteiger partial charge in [-0.15, -0.1) is 0 Å². The quantitative estimate of drug-likeness (QED) is 0.470. The minimum Gasteiger partial charge on any atom is -0.481 e. The van der Waals surface area contributed by atoms with E-state index in [4.69, 9.17) is 9.84 Å². The molecule has 190 valence electrons. The Balaban J connectivity index is 2.20. The molecule has 2 atom stereocenters. The highest BCUT2D eigenvalue weighted by molar-refractivity contribution is 7.92. The number of aromatic nitrogens is 1. The van der Waals surface area contributed by atoms with E-state index >= 15 is 0 Å². The lowest BCUT2D eigenvalue weighted by Crippen LogP contribution is -2.37. The van der Waals surface area contributed by atoms with Crippen molar-refractivity contribution in [2.75, 3.05) is 17.3 Å². The van der Waals surface area contributed by atoms with Crippen LogP contribution in [0.5, 0.6) is 0 Å². The van der Waals surface area contributed by atoms with Crippen LogP contribution in [0.4, 0.5) is 10.2 Å². The molecule has 0 unspecified atom stereocenters. The van der Waals surface area contributed by atoms with Gasteiger partial charge in [0, 0.05) is 17.5 Å². The number of carboxylic acid groups (broad SMARTS) is 1. The van der Waals surface area contributed by atoms with E-state index in [0.29, 0.717) is 27.9 Å². The van der Waals surface area contributed by atoms with Crippen LogP contribution in [0.1, 0.15) is 49.4 Å². The molecule has 0 saturated carbocycles. The van der Waals surface area contributed by atoms with Crippen LogP contribution in [0.2, 0.25) is 0 Å². The molecule has 11 heteroatoms. The lowest BCUT2D eigenvalue weighted by atomic mass is 9.89. The summed E-state index contributed by atoms with van der Waals surface area (Å²) in [6.45, 7) is 3.66. The summed E-state index contributed by atoms with van der Waals surface area (Å²) in [5.41, 5.74) is 2.81. The number of halogens is 1. The highest BCUT2D eigenvalue weighted by Crippen LogP contribution is 2.41. The molecule has 2 heterocycles. The Kier molecular flexibility index (Phi) is 8.26. The van der Waals surface area contributed by atoms with Crippen molar-refractivity contribution in [3.05, 3.63) is 53.0 Å². The molecule has 0 aliphatic carbocycles. The zero-order chi connectivity index (χ0) is 25.9. The highest BCUT2D eigenvalue weighted by atomic mass is 32.2. The Morgan fingerprint density at radius 1 is 1.26 bits per heavy atom. The van der Waals surface area contributed by atoms with Gasteiger partial charge >= 0.3 is 5.97 Å². The molecule has 0 bridgehead atoms. The number of aliphatic hydroxyl groups excluding tert-OH is 2. The number of hydrogen-bond acceptors (Lipinski definition) is 7. The standard InChI is InChI=1S/C24H29FN2O7S/c1-14(2)23-19(9-8-17(28)10-18(29)11-21(30)31)22(15-4-6-16(25)7-5-15)20-12-34-13-27(24(20)26-23)35(3,32)33/h4-9,14,17-18,28-29H,10-13H2,1-3H3,(H,30,31)/b9-8+/t17-,18-/m1/s1. The minimum absolute atomic E-state index is 0.0696. The summed E-state index contributed by atoms with van der Waals surface area (Å²) < 4.78 is 45.2. The fourth-order valence-electron chi connectivity index (χ4n) is 3.94. The Labute approximate surface area is 203 Å². The summed E-state index contributed by atoms with van der Waals surface area (Å²) >= 11 is 0. The number of aliphatic hydroxyl groups is 2. The molecule has 1 aliphatic heterocycles. The third-order valence-corrected chi connectivity index (χ3v) is 6.60. The van der Waals surface area contributed by atoms with Crippen molar-refractivity contribution in [2.45, 2.75) is 51.4 Å². The summed E-state index contributed by atoms with van der Waals surface area (Å²) in [5.74, 6) is -1.53. The molecule has 1 aromatic carbocycles. The van der Waals surface area contributed by atoms with Crippen LogP contribution in [-0.2, 0) is 26.2 Å². The summed E-state index contributed by atoms with van der Waals surface area (Å²) in [4.78, 5) is 15.5. The number of ether oxygens (including phenoxy) is 1. The number of anilines is 1. The smallest absolute Gasteiger partial charge is 0.305 e. The normalized spacial score (nSPS) is 15.9. The van der Waals surface area contributed by atoms with Crippen LogP contribution < -0.4 is 4.31 Å². The molecule has 35 heavy (non-hydrogen) atoms. The van der Waals surface area contributed by atoms with Gasteiger partial charge in [-0.25, -0.2) is 22.1 Å². The van der Waals surface area contributed by atoms with E-state index in [1.807, 2.05) is 13.8 Å². The topological polar surface area (TPSA) is 137 Å². The summed E-state index contributed by atoms with van der Waals surface area (Å²) in [5, 5.41) is 29.1. The molecule has 1 aliphatic rings. The molecule has 0 amide bonds. The van der Waals surface area contributed by atoms with Gasteiger partial charge in [0.25, 0.3) is 0 Å². The molecular formula is C24H29FN2O7S. The molecular weight excluding hydrogens is 479 g/mol. The van der Waals surface area contributed by atoms with E-state index in [-0.39, 0.29) is 31.5 Å². The largest absolute Gasteiger partial charge is 0.481 e. The van der Waals surface area contributed by atoms with Crippen molar-refractivity contribution in [3.63, 3.8) is 0 Å². The Hall–Kier alpha value is -2.86. The van der Waals surface area contributed by atoms with E-state index < -0.39 is 40.4 Å². The molecule has 0 radical (unpaired) electrons. The molecule has 0 spiro atoms. The third-order valence-electron chi connectivity index (χ3n) is 5.52. The first-order valence-electron chi connectivity index (χ1n) is 11.0. The number of sulfonamides is 1. The van der Waals surface area contributed by atoms with Crippen LogP contribution in [0, 0.1) is 5.82 Å². The van der Waals surface area contributed by atoms with E-state index in [2.05, 4.69) is 4.98 Å². The maximum Gasteiger partial charge on any atom is 0.305 e. The Bertz CT molecular complexity index is 1210. The van der Waals surface area contributed by atoms with Crippen LogP contribution in [0.15, 0.2) is 30.3 Å². The lowest BCUT2D eigenvalue weighted by Gasteiger charge is -2.31. The molecule has 9 nitrogen and oxygen atoms in total. The van der Waals surface area contributed by atoms with Crippen molar-refractivity contribution in [1.29, 1.82) is 0 Å². The number of nitrogens with zero attached hydrogens (tertiary/aromatic N) is 2. The fraction of sp³-hybridized carbons (Fsp3) is 0.417. The summed E-state index contributed by atoms with van der Waals surface area (Å²) in [6.07, 6.45) is 1.03. The van der Waals surface area contributed by atoms with Crippen molar-refractivity contribution < 1.29 is 37.7 Å². The van der Waals surface area contributed by atoms with E-state index in [1.54, 1.807) is 18.2 Å². The van der Waals surface area contributed by atoms with Gasteiger partial charge in [-0.3, -0.25) is 4.79 Å². The van der Waals surface area contributed by atoms with Gasteiger partial charge in [0.2, 0.25) is 10.0 Å². The SMILES string of the molecule is CC(C)c1nc2c(c(-c3ccc(F)cc3)c1/C=C/[C@@H](O)C[C@@H](O)CC(=O)O)COCN2S(C)(=O)=O. The first-order valence-corrected chi connectivity index (χ1v) is 12.9. The second kappa shape index (κ2) is 10.8. The molecule has 3 rings (SSSR count). The first kappa shape index (κ1) is 26.7. The van der Waals surface area contributed by atoms with Crippen molar-refractivity contribution in [3.8, 4) is 11.1 Å². The van der Waals surface area contributed by atoms with Gasteiger partial charge in [-0.2, -0.15) is 0 Å². The van der Waals surface area contributed by atoms with Gasteiger partial charge in [-0.05, 0) is 29.2 Å². The predicted octanol–water partition coefficient (Wildman–Crippen LogP) is 2.86. The van der Waals surface area contributed by atoms with Crippen molar-refractivity contribution in [1.82, 2.24) is 4.98 Å². The second-order valence-corrected chi connectivity index (χ2v) is 10.7. The highest BCUT2D eigenvalue weighted by Gasteiger charge is 2.31. The molecule has 0 fully saturated rings. The number of rotatable bonds is 9. The minimum atomic E-state index is -3.70. The van der Waals surface area contributed by atoms with Gasteiger partial charge < -0.3 is 20.1 Å². The van der Waals surface area contributed by atoms with Gasteiger partial charge in [0.05, 0.1) is 37.2 Å². The van der Waals surface area contributed by atoms with Gasteiger partial charge in [0.15, 0.2) is 5.82 Å².